The zero-order valence-corrected chi connectivity index (χ0v) is 11.2. The third-order valence-corrected chi connectivity index (χ3v) is 2.79. The van der Waals surface area contributed by atoms with Crippen molar-refractivity contribution >= 4 is 22.6 Å². The molecule has 19 heavy (non-hydrogen) atoms. The Labute approximate surface area is 112 Å². The summed E-state index contributed by atoms with van der Waals surface area (Å²) in [5.74, 6) is -0.176. The van der Waals surface area contributed by atoms with Crippen molar-refractivity contribution in [1.29, 1.82) is 0 Å². The molecule has 0 saturated heterocycles. The number of carbonyl (C=O) groups excluding carboxylic acids is 1. The van der Waals surface area contributed by atoms with Crippen LogP contribution in [-0.2, 0) is 9.53 Å². The quantitative estimate of drug-likeness (QED) is 0.838. The summed E-state index contributed by atoms with van der Waals surface area (Å²) in [6, 6.07) is 9.93. The van der Waals surface area contributed by atoms with Crippen LogP contribution in [0.3, 0.4) is 0 Å². The molecule has 100 valence electrons. The highest BCUT2D eigenvalue weighted by Gasteiger charge is 2.09. The summed E-state index contributed by atoms with van der Waals surface area (Å²) in [6.07, 6.45) is 2.14. The minimum atomic E-state index is -0.176. The third-order valence-electron chi connectivity index (χ3n) is 2.79. The predicted molar refractivity (Wildman–Crippen MR) is 76.1 cm³/mol. The van der Waals surface area contributed by atoms with E-state index in [1.54, 1.807) is 6.20 Å². The summed E-state index contributed by atoms with van der Waals surface area (Å²) in [5.41, 5.74) is 1.95. The number of anilines is 1. The van der Waals surface area contributed by atoms with Gasteiger partial charge in [-0.1, -0.05) is 6.07 Å². The Morgan fingerprint density at radius 2 is 2.26 bits per heavy atom. The molecule has 1 heterocycles. The molecule has 1 aromatic heterocycles. The average molecular weight is 258 g/mol. The van der Waals surface area contributed by atoms with Crippen molar-refractivity contribution in [3.8, 4) is 0 Å². The maximum atomic E-state index is 11.4. The van der Waals surface area contributed by atoms with Crippen LogP contribution in [0.25, 0.3) is 10.9 Å². The van der Waals surface area contributed by atoms with Gasteiger partial charge in [0.2, 0.25) is 0 Å². The summed E-state index contributed by atoms with van der Waals surface area (Å²) in [4.78, 5) is 15.7. The van der Waals surface area contributed by atoms with E-state index in [9.17, 15) is 4.79 Å². The van der Waals surface area contributed by atoms with Gasteiger partial charge in [0, 0.05) is 23.3 Å². The van der Waals surface area contributed by atoms with Gasteiger partial charge in [-0.2, -0.15) is 0 Å². The fraction of sp³-hybridized carbons (Fsp3) is 0.333. The van der Waals surface area contributed by atoms with Crippen molar-refractivity contribution < 1.29 is 9.53 Å². The van der Waals surface area contributed by atoms with E-state index in [1.165, 1.54) is 0 Å². The molecule has 0 spiro atoms. The molecular weight excluding hydrogens is 240 g/mol. The molecule has 4 nitrogen and oxygen atoms in total. The van der Waals surface area contributed by atoms with Crippen LogP contribution in [0.2, 0.25) is 0 Å². The number of nitrogens with zero attached hydrogens (tertiary/aromatic N) is 1. The molecule has 0 bridgehead atoms. The Morgan fingerprint density at radius 3 is 3.05 bits per heavy atom. The Balaban J connectivity index is 2.02. The van der Waals surface area contributed by atoms with Gasteiger partial charge < -0.3 is 10.1 Å². The van der Waals surface area contributed by atoms with Crippen molar-refractivity contribution in [3.63, 3.8) is 0 Å². The fourth-order valence-electron chi connectivity index (χ4n) is 1.97. The van der Waals surface area contributed by atoms with Crippen molar-refractivity contribution in [1.82, 2.24) is 4.98 Å². The molecule has 4 heteroatoms. The summed E-state index contributed by atoms with van der Waals surface area (Å²) in [7, 11) is 0. The van der Waals surface area contributed by atoms with Gasteiger partial charge in [0.05, 0.1) is 18.5 Å². The highest BCUT2D eigenvalue weighted by Crippen LogP contribution is 2.18. The van der Waals surface area contributed by atoms with Gasteiger partial charge in [-0.25, -0.2) is 0 Å². The predicted octanol–water partition coefficient (Wildman–Crippen LogP) is 2.99. The van der Waals surface area contributed by atoms with Crippen LogP contribution in [0.4, 0.5) is 5.69 Å². The summed E-state index contributed by atoms with van der Waals surface area (Å²) in [5, 5.41) is 4.37. The van der Waals surface area contributed by atoms with Crippen LogP contribution in [0.5, 0.6) is 0 Å². The van der Waals surface area contributed by atoms with E-state index < -0.39 is 0 Å². The molecule has 2 aromatic rings. The molecule has 0 aliphatic heterocycles. The van der Waals surface area contributed by atoms with Gasteiger partial charge in [-0.3, -0.25) is 9.78 Å². The first kappa shape index (κ1) is 13.3. The molecule has 1 N–H and O–H groups in total. The molecule has 2 rings (SSSR count). The van der Waals surface area contributed by atoms with Gasteiger partial charge in [0.15, 0.2) is 0 Å². The minimum absolute atomic E-state index is 0.0353. The van der Waals surface area contributed by atoms with E-state index in [1.807, 2.05) is 44.2 Å². The molecular formula is C15H18N2O2. The van der Waals surface area contributed by atoms with E-state index in [0.29, 0.717) is 13.0 Å². The minimum Gasteiger partial charge on any atom is -0.466 e. The molecule has 0 radical (unpaired) electrons. The highest BCUT2D eigenvalue weighted by molar-refractivity contribution is 5.82. The Morgan fingerprint density at radius 1 is 1.42 bits per heavy atom. The summed E-state index contributed by atoms with van der Waals surface area (Å²) in [6.45, 7) is 4.20. The standard InChI is InChI=1S/C15H18N2O2/c1-3-19-15(18)9-11(2)17-13-6-7-14-12(10-13)5-4-8-16-14/h4-8,10-11,17H,3,9H2,1-2H3/t11-/m0/s1. The van der Waals surface area contributed by atoms with Crippen LogP contribution in [0, 0.1) is 0 Å². The number of nitrogens with one attached hydrogen (secondary N) is 1. The van der Waals surface area contributed by atoms with Crippen LogP contribution in [0.15, 0.2) is 36.5 Å². The first-order valence-electron chi connectivity index (χ1n) is 6.46. The smallest absolute Gasteiger partial charge is 0.307 e. The number of pyridine rings is 1. The summed E-state index contributed by atoms with van der Waals surface area (Å²) >= 11 is 0. The number of esters is 1. The van der Waals surface area contributed by atoms with Crippen molar-refractivity contribution in [2.24, 2.45) is 0 Å². The largest absolute Gasteiger partial charge is 0.466 e. The maximum Gasteiger partial charge on any atom is 0.307 e. The fourth-order valence-corrected chi connectivity index (χ4v) is 1.97. The van der Waals surface area contributed by atoms with E-state index >= 15 is 0 Å². The van der Waals surface area contributed by atoms with Crippen molar-refractivity contribution in [2.45, 2.75) is 26.3 Å². The lowest BCUT2D eigenvalue weighted by Gasteiger charge is -2.14. The third kappa shape index (κ3) is 3.68. The number of fused-ring (bicyclic) bond motifs is 1. The van der Waals surface area contributed by atoms with Crippen LogP contribution in [0.1, 0.15) is 20.3 Å². The topological polar surface area (TPSA) is 51.2 Å². The SMILES string of the molecule is CCOC(=O)C[C@H](C)Nc1ccc2ncccc2c1. The van der Waals surface area contributed by atoms with Crippen molar-refractivity contribution in [3.05, 3.63) is 36.5 Å². The van der Waals surface area contributed by atoms with Gasteiger partial charge in [0.1, 0.15) is 0 Å². The molecule has 0 aliphatic carbocycles. The molecule has 0 saturated carbocycles. The van der Waals surface area contributed by atoms with Gasteiger partial charge in [0.25, 0.3) is 0 Å². The van der Waals surface area contributed by atoms with Gasteiger partial charge in [-0.15, -0.1) is 0 Å². The highest BCUT2D eigenvalue weighted by atomic mass is 16.5. The first-order valence-corrected chi connectivity index (χ1v) is 6.46. The second kappa shape index (κ2) is 6.18. The van der Waals surface area contributed by atoms with Gasteiger partial charge >= 0.3 is 5.97 Å². The number of carbonyl (C=O) groups is 1. The van der Waals surface area contributed by atoms with Crippen LogP contribution in [-0.4, -0.2) is 23.6 Å². The molecule has 0 unspecified atom stereocenters. The number of benzene rings is 1. The second-order valence-corrected chi connectivity index (χ2v) is 4.47. The van der Waals surface area contributed by atoms with Gasteiger partial charge in [-0.05, 0) is 38.1 Å². The maximum absolute atomic E-state index is 11.4. The van der Waals surface area contributed by atoms with E-state index in [0.717, 1.165) is 16.6 Å². The lowest BCUT2D eigenvalue weighted by Crippen LogP contribution is -2.20. The monoisotopic (exact) mass is 258 g/mol. The number of rotatable bonds is 5. The summed E-state index contributed by atoms with van der Waals surface area (Å²) < 4.78 is 4.93. The number of aromatic nitrogens is 1. The lowest BCUT2D eigenvalue weighted by atomic mass is 10.1. The van der Waals surface area contributed by atoms with E-state index in [2.05, 4.69) is 10.3 Å². The molecule has 0 amide bonds. The number of hydrogen-bond donors (Lipinski definition) is 1. The molecule has 1 atom stereocenters. The van der Waals surface area contributed by atoms with E-state index in [4.69, 9.17) is 4.74 Å². The van der Waals surface area contributed by atoms with E-state index in [-0.39, 0.29) is 12.0 Å². The average Bonchev–Trinajstić information content (AvgIpc) is 2.38. The Kier molecular flexibility index (Phi) is 4.34. The normalized spacial score (nSPS) is 12.1. The van der Waals surface area contributed by atoms with Crippen LogP contribution >= 0.6 is 0 Å². The zero-order valence-electron chi connectivity index (χ0n) is 11.2. The zero-order chi connectivity index (χ0) is 13.7. The molecule has 0 fully saturated rings. The van der Waals surface area contributed by atoms with Crippen molar-refractivity contribution in [2.75, 3.05) is 11.9 Å². The second-order valence-electron chi connectivity index (χ2n) is 4.47. The number of hydrogen-bond acceptors (Lipinski definition) is 4. The lowest BCUT2D eigenvalue weighted by molar-refractivity contribution is -0.143. The first-order chi connectivity index (χ1) is 9.19. The Hall–Kier alpha value is -2.10. The Bertz CT molecular complexity index is 569. The van der Waals surface area contributed by atoms with Crippen LogP contribution < -0.4 is 5.32 Å². The number of ether oxygens (including phenoxy) is 1. The molecule has 1 aromatic carbocycles. The molecule has 0 aliphatic rings.